The molecule has 1 saturated carbocycles. The van der Waals surface area contributed by atoms with E-state index in [1.54, 1.807) is 12.1 Å². The van der Waals surface area contributed by atoms with Gasteiger partial charge < -0.3 is 10.6 Å². The SMILES string of the molecule is CC1CCC(N(C)c2ccc(S(N)(=O)=O)c(N)c2)CC1. The molecule has 0 aromatic heterocycles. The third kappa shape index (κ3) is 3.24. The fourth-order valence-corrected chi connectivity index (χ4v) is 3.50. The van der Waals surface area contributed by atoms with Gasteiger partial charge in [-0.25, -0.2) is 13.6 Å². The highest BCUT2D eigenvalue weighted by Crippen LogP contribution is 2.31. The van der Waals surface area contributed by atoms with Crippen molar-refractivity contribution in [2.45, 2.75) is 43.5 Å². The van der Waals surface area contributed by atoms with Crippen LogP contribution >= 0.6 is 0 Å². The first-order valence-corrected chi connectivity index (χ1v) is 8.49. The molecule has 0 atom stereocenters. The van der Waals surface area contributed by atoms with E-state index in [1.807, 2.05) is 7.05 Å². The minimum Gasteiger partial charge on any atom is -0.398 e. The van der Waals surface area contributed by atoms with E-state index in [0.29, 0.717) is 6.04 Å². The van der Waals surface area contributed by atoms with Crippen molar-refractivity contribution in [2.24, 2.45) is 11.1 Å². The van der Waals surface area contributed by atoms with Crippen molar-refractivity contribution in [3.63, 3.8) is 0 Å². The van der Waals surface area contributed by atoms with Crippen LogP contribution in [-0.2, 0) is 10.0 Å². The highest BCUT2D eigenvalue weighted by Gasteiger charge is 2.22. The quantitative estimate of drug-likeness (QED) is 0.834. The van der Waals surface area contributed by atoms with Gasteiger partial charge in [-0.15, -0.1) is 0 Å². The zero-order chi connectivity index (χ0) is 14.9. The summed E-state index contributed by atoms with van der Waals surface area (Å²) in [5.41, 5.74) is 6.96. The molecule has 0 bridgehead atoms. The number of hydrogen-bond donors (Lipinski definition) is 2. The molecule has 5 nitrogen and oxygen atoms in total. The molecule has 20 heavy (non-hydrogen) atoms. The number of anilines is 2. The van der Waals surface area contributed by atoms with Crippen molar-refractivity contribution in [3.8, 4) is 0 Å². The Morgan fingerprint density at radius 2 is 1.80 bits per heavy atom. The molecular formula is C14H23N3O2S. The number of nitrogens with zero attached hydrogens (tertiary/aromatic N) is 1. The highest BCUT2D eigenvalue weighted by atomic mass is 32.2. The Morgan fingerprint density at radius 3 is 2.30 bits per heavy atom. The number of benzene rings is 1. The molecule has 0 radical (unpaired) electrons. The molecule has 2 rings (SSSR count). The van der Waals surface area contributed by atoms with E-state index in [1.165, 1.54) is 18.9 Å². The van der Waals surface area contributed by atoms with Crippen LogP contribution in [0.15, 0.2) is 23.1 Å². The monoisotopic (exact) mass is 297 g/mol. The Labute approximate surface area is 121 Å². The van der Waals surface area contributed by atoms with Gasteiger partial charge in [-0.2, -0.15) is 0 Å². The number of hydrogen-bond acceptors (Lipinski definition) is 4. The highest BCUT2D eigenvalue weighted by molar-refractivity contribution is 7.89. The third-order valence-corrected chi connectivity index (χ3v) is 5.23. The number of primary sulfonamides is 1. The zero-order valence-corrected chi connectivity index (χ0v) is 12.9. The van der Waals surface area contributed by atoms with Gasteiger partial charge in [-0.3, -0.25) is 0 Å². The van der Waals surface area contributed by atoms with Crippen molar-refractivity contribution in [3.05, 3.63) is 18.2 Å². The van der Waals surface area contributed by atoms with Crippen LogP contribution < -0.4 is 15.8 Å². The summed E-state index contributed by atoms with van der Waals surface area (Å²) >= 11 is 0. The summed E-state index contributed by atoms with van der Waals surface area (Å²) in [6.07, 6.45) is 4.79. The second-order valence-electron chi connectivity index (χ2n) is 5.79. The van der Waals surface area contributed by atoms with E-state index < -0.39 is 10.0 Å². The Balaban J connectivity index is 2.19. The maximum Gasteiger partial charge on any atom is 0.240 e. The van der Waals surface area contributed by atoms with E-state index in [0.717, 1.165) is 24.4 Å². The van der Waals surface area contributed by atoms with Gasteiger partial charge in [0.15, 0.2) is 0 Å². The molecule has 0 unspecified atom stereocenters. The molecule has 4 N–H and O–H groups in total. The van der Waals surface area contributed by atoms with Crippen molar-refractivity contribution < 1.29 is 8.42 Å². The largest absolute Gasteiger partial charge is 0.398 e. The van der Waals surface area contributed by atoms with Crippen molar-refractivity contribution in [1.82, 2.24) is 0 Å². The third-order valence-electron chi connectivity index (χ3n) is 4.24. The summed E-state index contributed by atoms with van der Waals surface area (Å²) in [6, 6.07) is 5.44. The second-order valence-corrected chi connectivity index (χ2v) is 7.32. The Morgan fingerprint density at radius 1 is 1.20 bits per heavy atom. The molecule has 1 fully saturated rings. The number of rotatable bonds is 3. The molecule has 0 saturated heterocycles. The van der Waals surface area contributed by atoms with E-state index in [9.17, 15) is 8.42 Å². The lowest BCUT2D eigenvalue weighted by Crippen LogP contribution is -2.34. The van der Waals surface area contributed by atoms with Crippen LogP contribution in [0.4, 0.5) is 11.4 Å². The Bertz CT molecular complexity index is 578. The molecule has 0 amide bonds. The van der Waals surface area contributed by atoms with E-state index in [-0.39, 0.29) is 10.6 Å². The van der Waals surface area contributed by atoms with Crippen LogP contribution in [0.1, 0.15) is 32.6 Å². The van der Waals surface area contributed by atoms with Crippen LogP contribution in [0.3, 0.4) is 0 Å². The molecule has 0 heterocycles. The van der Waals surface area contributed by atoms with Gasteiger partial charge in [0.05, 0.1) is 5.69 Å². The summed E-state index contributed by atoms with van der Waals surface area (Å²) < 4.78 is 22.7. The first-order chi connectivity index (χ1) is 9.29. The summed E-state index contributed by atoms with van der Waals surface area (Å²) in [5.74, 6) is 0.800. The van der Waals surface area contributed by atoms with E-state index >= 15 is 0 Å². The van der Waals surface area contributed by atoms with Gasteiger partial charge in [0.25, 0.3) is 0 Å². The first-order valence-electron chi connectivity index (χ1n) is 6.94. The lowest BCUT2D eigenvalue weighted by atomic mass is 9.86. The summed E-state index contributed by atoms with van der Waals surface area (Å²) in [4.78, 5) is 2.18. The number of nitrogens with two attached hydrogens (primary N) is 2. The number of sulfonamides is 1. The first kappa shape index (κ1) is 15.1. The minimum atomic E-state index is -3.75. The normalized spacial score (nSPS) is 23.6. The topological polar surface area (TPSA) is 89.4 Å². The molecule has 0 spiro atoms. The smallest absolute Gasteiger partial charge is 0.240 e. The predicted molar refractivity (Wildman–Crippen MR) is 82.1 cm³/mol. The maximum absolute atomic E-state index is 11.4. The second kappa shape index (κ2) is 5.61. The molecule has 1 aromatic rings. The molecule has 0 aliphatic heterocycles. The lowest BCUT2D eigenvalue weighted by Gasteiger charge is -2.35. The summed E-state index contributed by atoms with van der Waals surface area (Å²) in [5, 5.41) is 5.12. The predicted octanol–water partition coefficient (Wildman–Crippen LogP) is 1.93. The molecule has 1 aliphatic carbocycles. The fraction of sp³-hybridized carbons (Fsp3) is 0.571. The van der Waals surface area contributed by atoms with Crippen molar-refractivity contribution in [1.29, 1.82) is 0 Å². The Hall–Kier alpha value is -1.27. The van der Waals surface area contributed by atoms with Crippen LogP contribution in [0.5, 0.6) is 0 Å². The molecule has 1 aliphatic rings. The molecule has 6 heteroatoms. The summed E-state index contributed by atoms with van der Waals surface area (Å²) in [6.45, 7) is 2.29. The average molecular weight is 297 g/mol. The van der Waals surface area contributed by atoms with Gasteiger partial charge >= 0.3 is 0 Å². The lowest BCUT2D eigenvalue weighted by molar-refractivity contribution is 0.341. The Kier molecular flexibility index (Phi) is 4.25. The minimum absolute atomic E-state index is 0.00748. The van der Waals surface area contributed by atoms with Gasteiger partial charge in [0, 0.05) is 18.8 Å². The van der Waals surface area contributed by atoms with Crippen LogP contribution in [0.2, 0.25) is 0 Å². The molecule has 1 aromatic carbocycles. The summed E-state index contributed by atoms with van der Waals surface area (Å²) in [7, 11) is -1.72. The van der Waals surface area contributed by atoms with E-state index in [4.69, 9.17) is 10.9 Å². The van der Waals surface area contributed by atoms with Gasteiger partial charge in [-0.05, 0) is 49.8 Å². The maximum atomic E-state index is 11.4. The molecular weight excluding hydrogens is 274 g/mol. The van der Waals surface area contributed by atoms with Gasteiger partial charge in [0.1, 0.15) is 4.90 Å². The zero-order valence-electron chi connectivity index (χ0n) is 12.0. The van der Waals surface area contributed by atoms with Crippen LogP contribution in [-0.4, -0.2) is 21.5 Å². The number of nitrogen functional groups attached to an aromatic ring is 1. The average Bonchev–Trinajstić information content (AvgIpc) is 2.37. The van der Waals surface area contributed by atoms with Gasteiger partial charge in [0.2, 0.25) is 10.0 Å². The molecule has 112 valence electrons. The van der Waals surface area contributed by atoms with E-state index in [2.05, 4.69) is 11.8 Å². The van der Waals surface area contributed by atoms with Gasteiger partial charge in [-0.1, -0.05) is 6.92 Å². The van der Waals surface area contributed by atoms with Crippen LogP contribution in [0.25, 0.3) is 0 Å². The fourth-order valence-electron chi connectivity index (χ4n) is 2.85. The van der Waals surface area contributed by atoms with Crippen molar-refractivity contribution >= 4 is 21.4 Å². The standard InChI is InChI=1S/C14H23N3O2S/c1-10-3-5-11(6-4-10)17(2)12-7-8-14(13(15)9-12)20(16,18)19/h7-11H,3-6,15H2,1-2H3,(H2,16,18,19). The van der Waals surface area contributed by atoms with Crippen LogP contribution in [0, 0.1) is 5.92 Å². The van der Waals surface area contributed by atoms with Crippen molar-refractivity contribution in [2.75, 3.05) is 17.7 Å².